The standard InChI is InChI=1S/C48H94O9/c1-3-5-7-9-11-13-15-17-19-21-22-24-26-28-30-32-34-36-38-54-40-42(41-55-48-47(53)46(52)45(51)43(39-49)57-48)56-44(50)37-35-33-31-29-27-25-23-20-18-16-14-12-10-8-6-4-2/h42-43,45-49,51-53H,3-41H2,1-2H3. The second-order valence-corrected chi connectivity index (χ2v) is 17.3. The summed E-state index contributed by atoms with van der Waals surface area (Å²) in [4.78, 5) is 12.8. The van der Waals surface area contributed by atoms with Crippen LogP contribution in [0.4, 0.5) is 0 Å². The molecular weight excluding hydrogens is 721 g/mol. The zero-order chi connectivity index (χ0) is 41.4. The van der Waals surface area contributed by atoms with E-state index in [-0.39, 0.29) is 19.2 Å². The van der Waals surface area contributed by atoms with Gasteiger partial charge in [0.05, 0.1) is 19.8 Å². The number of carbonyl (C=O) groups is 1. The van der Waals surface area contributed by atoms with Crippen LogP contribution in [0.15, 0.2) is 0 Å². The third kappa shape index (κ3) is 31.7. The second kappa shape index (κ2) is 40.6. The Morgan fingerprint density at radius 3 is 1.25 bits per heavy atom. The van der Waals surface area contributed by atoms with Gasteiger partial charge in [-0.15, -0.1) is 0 Å². The SMILES string of the molecule is CCCCCCCCCCCCCCCCCCCCOCC(COC1OC(CO)C(O)C(O)C1O)OC(=O)CCCCCCCCCCCCCCCCCC. The number of unbranched alkanes of at least 4 members (excludes halogenated alkanes) is 32. The van der Waals surface area contributed by atoms with Crippen LogP contribution >= 0.6 is 0 Å². The highest BCUT2D eigenvalue weighted by molar-refractivity contribution is 5.69. The average molecular weight is 815 g/mol. The molecule has 1 fully saturated rings. The Hall–Kier alpha value is -0.810. The summed E-state index contributed by atoms with van der Waals surface area (Å²) in [6.07, 6.45) is 37.0. The Labute approximate surface area is 351 Å². The summed E-state index contributed by atoms with van der Waals surface area (Å²) in [7, 11) is 0. The number of ether oxygens (including phenoxy) is 4. The van der Waals surface area contributed by atoms with E-state index in [1.165, 1.54) is 186 Å². The van der Waals surface area contributed by atoms with Crippen molar-refractivity contribution in [2.45, 2.75) is 275 Å². The molecule has 1 saturated heterocycles. The molecule has 6 atom stereocenters. The zero-order valence-corrected chi connectivity index (χ0v) is 37.4. The lowest BCUT2D eigenvalue weighted by Crippen LogP contribution is -2.59. The maximum atomic E-state index is 12.8. The van der Waals surface area contributed by atoms with Gasteiger partial charge >= 0.3 is 5.97 Å². The van der Waals surface area contributed by atoms with Crippen LogP contribution in [0.3, 0.4) is 0 Å². The minimum absolute atomic E-state index is 0.105. The number of esters is 1. The maximum Gasteiger partial charge on any atom is 0.306 e. The van der Waals surface area contributed by atoms with Gasteiger partial charge < -0.3 is 39.4 Å². The molecule has 1 heterocycles. The first-order valence-corrected chi connectivity index (χ1v) is 24.6. The van der Waals surface area contributed by atoms with Crippen LogP contribution in [0.25, 0.3) is 0 Å². The monoisotopic (exact) mass is 815 g/mol. The Bertz CT molecular complexity index is 843. The van der Waals surface area contributed by atoms with Crippen molar-refractivity contribution in [1.29, 1.82) is 0 Å². The van der Waals surface area contributed by atoms with Crippen LogP contribution in [-0.2, 0) is 23.7 Å². The van der Waals surface area contributed by atoms with Crippen molar-refractivity contribution >= 4 is 5.97 Å². The Balaban J connectivity index is 2.20. The predicted molar refractivity (Wildman–Crippen MR) is 233 cm³/mol. The molecular formula is C48H94O9. The quantitative estimate of drug-likeness (QED) is 0.0350. The van der Waals surface area contributed by atoms with Crippen LogP contribution in [0.2, 0.25) is 0 Å². The van der Waals surface area contributed by atoms with Crippen molar-refractivity contribution in [3.8, 4) is 0 Å². The van der Waals surface area contributed by atoms with Crippen LogP contribution in [0, 0.1) is 0 Å². The molecule has 9 nitrogen and oxygen atoms in total. The molecule has 1 aliphatic heterocycles. The fourth-order valence-corrected chi connectivity index (χ4v) is 7.91. The first-order valence-electron chi connectivity index (χ1n) is 24.6. The van der Waals surface area contributed by atoms with E-state index in [1.54, 1.807) is 0 Å². The van der Waals surface area contributed by atoms with E-state index in [0.717, 1.165) is 32.1 Å². The molecule has 0 bridgehead atoms. The van der Waals surface area contributed by atoms with E-state index in [0.29, 0.717) is 13.0 Å². The largest absolute Gasteiger partial charge is 0.457 e. The van der Waals surface area contributed by atoms with E-state index in [1.807, 2.05) is 0 Å². The summed E-state index contributed by atoms with van der Waals surface area (Å²) in [5.41, 5.74) is 0. The molecule has 57 heavy (non-hydrogen) atoms. The molecule has 0 aromatic heterocycles. The molecule has 340 valence electrons. The van der Waals surface area contributed by atoms with Gasteiger partial charge in [0.25, 0.3) is 0 Å². The molecule has 9 heteroatoms. The first kappa shape index (κ1) is 54.2. The summed E-state index contributed by atoms with van der Waals surface area (Å²) in [5.74, 6) is -0.306. The molecule has 0 aliphatic carbocycles. The summed E-state index contributed by atoms with van der Waals surface area (Å²) in [5, 5.41) is 40.2. The predicted octanol–water partition coefficient (Wildman–Crippen LogP) is 11.4. The molecule has 6 unspecified atom stereocenters. The van der Waals surface area contributed by atoms with Crippen molar-refractivity contribution < 1.29 is 44.2 Å². The molecule has 0 saturated carbocycles. The highest BCUT2D eigenvalue weighted by atomic mass is 16.7. The third-order valence-electron chi connectivity index (χ3n) is 11.8. The van der Waals surface area contributed by atoms with Gasteiger partial charge in [-0.3, -0.25) is 4.79 Å². The molecule has 4 N–H and O–H groups in total. The van der Waals surface area contributed by atoms with E-state index >= 15 is 0 Å². The lowest BCUT2D eigenvalue weighted by atomic mass is 9.99. The number of aliphatic hydroxyl groups is 4. The van der Waals surface area contributed by atoms with Gasteiger partial charge in [0.2, 0.25) is 0 Å². The topological polar surface area (TPSA) is 135 Å². The highest BCUT2D eigenvalue weighted by Crippen LogP contribution is 2.23. The summed E-state index contributed by atoms with van der Waals surface area (Å²) in [6.45, 7) is 4.62. The number of aliphatic hydroxyl groups excluding tert-OH is 4. The Morgan fingerprint density at radius 2 is 0.860 bits per heavy atom. The second-order valence-electron chi connectivity index (χ2n) is 17.3. The Morgan fingerprint density at radius 1 is 0.491 bits per heavy atom. The van der Waals surface area contributed by atoms with Gasteiger partial charge in [0.1, 0.15) is 30.5 Å². The van der Waals surface area contributed by atoms with Gasteiger partial charge in [0, 0.05) is 13.0 Å². The highest BCUT2D eigenvalue weighted by Gasteiger charge is 2.44. The van der Waals surface area contributed by atoms with Crippen LogP contribution in [0.1, 0.15) is 239 Å². The lowest BCUT2D eigenvalue weighted by molar-refractivity contribution is -0.305. The molecule has 0 aromatic rings. The van der Waals surface area contributed by atoms with Crippen molar-refractivity contribution in [1.82, 2.24) is 0 Å². The summed E-state index contributed by atoms with van der Waals surface area (Å²) >= 11 is 0. The maximum absolute atomic E-state index is 12.8. The fraction of sp³-hybridized carbons (Fsp3) is 0.979. The molecule has 1 rings (SSSR count). The van der Waals surface area contributed by atoms with Gasteiger partial charge in [-0.2, -0.15) is 0 Å². The van der Waals surface area contributed by atoms with Gasteiger partial charge in [-0.1, -0.05) is 219 Å². The van der Waals surface area contributed by atoms with E-state index < -0.39 is 43.4 Å². The van der Waals surface area contributed by atoms with Crippen molar-refractivity contribution in [2.75, 3.05) is 26.4 Å². The van der Waals surface area contributed by atoms with E-state index in [4.69, 9.17) is 18.9 Å². The fourth-order valence-electron chi connectivity index (χ4n) is 7.91. The molecule has 0 spiro atoms. The molecule has 0 aromatic carbocycles. The number of hydrogen-bond donors (Lipinski definition) is 4. The first-order chi connectivity index (χ1) is 27.9. The van der Waals surface area contributed by atoms with Gasteiger partial charge in [-0.25, -0.2) is 0 Å². The molecule has 0 radical (unpaired) electrons. The number of hydrogen-bond acceptors (Lipinski definition) is 9. The summed E-state index contributed by atoms with van der Waals surface area (Å²) in [6, 6.07) is 0. The molecule has 0 amide bonds. The minimum Gasteiger partial charge on any atom is -0.457 e. The molecule has 1 aliphatic rings. The average Bonchev–Trinajstić information content (AvgIpc) is 3.21. The Kier molecular flexibility index (Phi) is 38.6. The lowest BCUT2D eigenvalue weighted by Gasteiger charge is -2.39. The van der Waals surface area contributed by atoms with Crippen LogP contribution in [0.5, 0.6) is 0 Å². The van der Waals surface area contributed by atoms with Crippen molar-refractivity contribution in [3.05, 3.63) is 0 Å². The van der Waals surface area contributed by atoms with E-state index in [9.17, 15) is 25.2 Å². The summed E-state index contributed by atoms with van der Waals surface area (Å²) < 4.78 is 22.9. The van der Waals surface area contributed by atoms with E-state index in [2.05, 4.69) is 13.8 Å². The van der Waals surface area contributed by atoms with Gasteiger partial charge in [0.15, 0.2) is 6.29 Å². The van der Waals surface area contributed by atoms with Crippen molar-refractivity contribution in [3.63, 3.8) is 0 Å². The number of rotatable bonds is 43. The van der Waals surface area contributed by atoms with Crippen LogP contribution < -0.4 is 0 Å². The van der Waals surface area contributed by atoms with Gasteiger partial charge in [-0.05, 0) is 12.8 Å². The van der Waals surface area contributed by atoms with Crippen LogP contribution in [-0.4, -0.2) is 89.6 Å². The third-order valence-corrected chi connectivity index (χ3v) is 11.8. The minimum atomic E-state index is -1.53. The van der Waals surface area contributed by atoms with Crippen molar-refractivity contribution in [2.24, 2.45) is 0 Å². The smallest absolute Gasteiger partial charge is 0.306 e. The number of carbonyl (C=O) groups excluding carboxylic acids is 1. The zero-order valence-electron chi connectivity index (χ0n) is 37.4. The normalized spacial score (nSPS) is 20.3.